The number of ether oxygens (including phenoxy) is 2. The molecule has 1 N–H and O–H groups in total. The molecule has 1 aliphatic heterocycles. The van der Waals surface area contributed by atoms with Gasteiger partial charge in [0.1, 0.15) is 17.5 Å². The average molecular weight is 929 g/mol. The van der Waals surface area contributed by atoms with E-state index in [1.54, 1.807) is 7.11 Å². The third kappa shape index (κ3) is 15.7. The van der Waals surface area contributed by atoms with Gasteiger partial charge in [-0.15, -0.1) is 0 Å². The molecule has 0 spiro atoms. The summed E-state index contributed by atoms with van der Waals surface area (Å²) >= 11 is 0. The highest BCUT2D eigenvalue weighted by Gasteiger charge is 2.44. The van der Waals surface area contributed by atoms with Gasteiger partial charge in [-0.1, -0.05) is 136 Å². The van der Waals surface area contributed by atoms with Crippen LogP contribution < -0.4 is 15.2 Å². The Morgan fingerprint density at radius 3 is 1.68 bits per heavy atom. The number of nitrogens with zero attached hydrogens (tertiary/aromatic N) is 4. The van der Waals surface area contributed by atoms with Crippen molar-refractivity contribution in [3.8, 4) is 11.5 Å². The van der Waals surface area contributed by atoms with Gasteiger partial charge >= 0.3 is 17.7 Å². The lowest BCUT2D eigenvalue weighted by atomic mass is 10.0. The first-order valence-electron chi connectivity index (χ1n) is 24.9. The van der Waals surface area contributed by atoms with Crippen molar-refractivity contribution in [1.82, 2.24) is 18.9 Å². The van der Waals surface area contributed by atoms with Gasteiger partial charge in [-0.05, 0) is 126 Å². The van der Waals surface area contributed by atoms with E-state index < -0.39 is 11.6 Å². The maximum atomic E-state index is 13.3. The molecule has 4 aromatic carbocycles. The molecule has 1 aliphatic rings. The smallest absolute Gasteiger partial charge is 0.347 e. The number of urea groups is 1. The number of methoxy groups -OCH3 is 1. The van der Waals surface area contributed by atoms with Crippen molar-refractivity contribution >= 4 is 17.9 Å². The number of benzene rings is 4. The Morgan fingerprint density at radius 2 is 1.13 bits per heavy atom. The van der Waals surface area contributed by atoms with Crippen molar-refractivity contribution in [3.05, 3.63) is 153 Å². The second-order valence-electron chi connectivity index (χ2n) is 18.8. The Labute approximate surface area is 405 Å². The van der Waals surface area contributed by atoms with E-state index in [0.717, 1.165) is 105 Å². The number of aromatic nitrogens is 2. The Hall–Kier alpha value is -6.10. The van der Waals surface area contributed by atoms with Gasteiger partial charge in [-0.25, -0.2) is 14.4 Å². The van der Waals surface area contributed by atoms with Gasteiger partial charge in [0.2, 0.25) is 0 Å². The topological polar surface area (TPSA) is 123 Å². The van der Waals surface area contributed by atoms with E-state index in [2.05, 4.69) is 57.2 Å². The number of hydrogen-bond donors (Lipinski definition) is 1. The molecule has 11 nitrogen and oxygen atoms in total. The molecule has 0 saturated carbocycles. The number of hydrogen-bond acceptors (Lipinski definition) is 6. The molecule has 5 aromatic rings. The van der Waals surface area contributed by atoms with Crippen LogP contribution in [-0.2, 0) is 48.5 Å². The predicted octanol–water partition coefficient (Wildman–Crippen LogP) is 11.7. The minimum atomic E-state index is -1.27. The lowest BCUT2D eigenvalue weighted by molar-refractivity contribution is -0.152. The number of carboxylic acids is 1. The van der Waals surface area contributed by atoms with Crippen LogP contribution in [0.1, 0.15) is 137 Å². The number of carbonyl (C=O) groups is 3. The van der Waals surface area contributed by atoms with Crippen molar-refractivity contribution in [2.75, 3.05) is 13.7 Å². The number of imide groups is 1. The quantitative estimate of drug-likeness (QED) is 0.0433. The van der Waals surface area contributed by atoms with E-state index in [9.17, 15) is 24.3 Å². The van der Waals surface area contributed by atoms with Crippen LogP contribution in [0.3, 0.4) is 0 Å². The maximum absolute atomic E-state index is 13.3. The second-order valence-corrected chi connectivity index (χ2v) is 18.8. The van der Waals surface area contributed by atoms with Crippen molar-refractivity contribution < 1.29 is 29.0 Å². The Kier molecular flexibility index (Phi) is 20.6. The number of aryl methyl sites for hydroxylation is 5. The molecule has 0 aliphatic carbocycles. The standard InChI is InChI=1S/C30H40N2O4.C27H36N2O3/c1-5-6-7-8-20-32-26(22-31(29(32)35)21-25-14-12-23(2)13-15-25)11-9-10-24-16-18-27(19-17-24)36-30(3,4)28(33)34;1-4-5-6-7-19-28-25(10-8-9-22-15-17-24(32-3)18-16-22)26(30)29(27(28)31)20-23-13-11-21(2)12-14-23/h12-19,22H,5-11,20-21H2,1-4H3,(H,33,34);11-18,25H,4-10,19-20H2,1-3H3. The monoisotopic (exact) mass is 929 g/mol. The maximum Gasteiger partial charge on any atom is 0.347 e. The highest BCUT2D eigenvalue weighted by Crippen LogP contribution is 2.26. The number of rotatable bonds is 26. The van der Waals surface area contributed by atoms with Crippen LogP contribution in [-0.4, -0.2) is 67.2 Å². The lowest BCUT2D eigenvalue weighted by Gasteiger charge is -2.22. The summed E-state index contributed by atoms with van der Waals surface area (Å²) in [4.78, 5) is 54.2. The van der Waals surface area contributed by atoms with Crippen LogP contribution in [0.25, 0.3) is 0 Å². The van der Waals surface area contributed by atoms with Crippen LogP contribution in [0.4, 0.5) is 4.79 Å². The van der Waals surface area contributed by atoms with Gasteiger partial charge in [0.15, 0.2) is 5.60 Å². The zero-order valence-corrected chi connectivity index (χ0v) is 41.8. The molecular formula is C57H76N4O7. The molecule has 0 bridgehead atoms. The van der Waals surface area contributed by atoms with Crippen LogP contribution >= 0.6 is 0 Å². The third-order valence-electron chi connectivity index (χ3n) is 12.8. The molecular weight excluding hydrogens is 853 g/mol. The molecule has 1 unspecified atom stereocenters. The van der Waals surface area contributed by atoms with Crippen LogP contribution in [0.5, 0.6) is 11.5 Å². The van der Waals surface area contributed by atoms with Gasteiger partial charge in [-0.3, -0.25) is 18.8 Å². The molecule has 1 aromatic heterocycles. The normalized spacial score (nSPS) is 13.7. The summed E-state index contributed by atoms with van der Waals surface area (Å²) in [6.45, 7) is 13.9. The summed E-state index contributed by atoms with van der Waals surface area (Å²) in [5.41, 5.74) is 6.77. The molecule has 1 saturated heterocycles. The highest BCUT2D eigenvalue weighted by molar-refractivity contribution is 6.04. The number of aliphatic carboxylic acids is 1. The Bertz CT molecular complexity index is 2380. The summed E-state index contributed by atoms with van der Waals surface area (Å²) in [6, 6.07) is 31.5. The zero-order valence-electron chi connectivity index (χ0n) is 41.8. The summed E-state index contributed by atoms with van der Waals surface area (Å²) in [7, 11) is 1.66. The van der Waals surface area contributed by atoms with Crippen LogP contribution in [0, 0.1) is 13.8 Å². The van der Waals surface area contributed by atoms with Gasteiger partial charge in [0, 0.05) is 25.0 Å². The first-order valence-corrected chi connectivity index (χ1v) is 24.9. The predicted molar refractivity (Wildman–Crippen MR) is 272 cm³/mol. The molecule has 11 heteroatoms. The summed E-state index contributed by atoms with van der Waals surface area (Å²) in [5.74, 6) is 0.331. The fourth-order valence-electron chi connectivity index (χ4n) is 8.51. The van der Waals surface area contributed by atoms with Crippen molar-refractivity contribution in [2.45, 2.75) is 163 Å². The summed E-state index contributed by atoms with van der Waals surface area (Å²) < 4.78 is 14.6. The molecule has 0 radical (unpaired) electrons. The van der Waals surface area contributed by atoms with Gasteiger partial charge < -0.3 is 19.5 Å². The van der Waals surface area contributed by atoms with Crippen molar-refractivity contribution in [1.29, 1.82) is 0 Å². The van der Waals surface area contributed by atoms with Gasteiger partial charge in [-0.2, -0.15) is 0 Å². The first kappa shape index (κ1) is 52.9. The first-order chi connectivity index (χ1) is 32.7. The average Bonchev–Trinajstić information content (AvgIpc) is 3.74. The molecule has 1 fully saturated rings. The molecule has 1 atom stereocenters. The number of carboxylic acid groups (broad SMARTS) is 1. The fourth-order valence-corrected chi connectivity index (χ4v) is 8.51. The Morgan fingerprint density at radius 1 is 0.618 bits per heavy atom. The molecule has 68 heavy (non-hydrogen) atoms. The minimum Gasteiger partial charge on any atom is -0.497 e. The van der Waals surface area contributed by atoms with E-state index in [4.69, 9.17) is 9.47 Å². The number of amides is 3. The summed E-state index contributed by atoms with van der Waals surface area (Å²) in [6.07, 6.45) is 15.9. The number of carbonyl (C=O) groups excluding carboxylic acids is 2. The molecule has 3 amide bonds. The van der Waals surface area contributed by atoms with Crippen LogP contribution in [0.2, 0.25) is 0 Å². The molecule has 366 valence electrons. The minimum absolute atomic E-state index is 0.0548. The number of unbranched alkanes of at least 4 members (excludes halogenated alkanes) is 6. The van der Waals surface area contributed by atoms with E-state index in [0.29, 0.717) is 31.8 Å². The fraction of sp³-hybridized carbons (Fsp3) is 0.474. The molecule has 6 rings (SSSR count). The largest absolute Gasteiger partial charge is 0.497 e. The van der Waals surface area contributed by atoms with Crippen LogP contribution in [0.15, 0.2) is 108 Å². The van der Waals surface area contributed by atoms with Gasteiger partial charge in [0.25, 0.3) is 5.91 Å². The zero-order chi connectivity index (χ0) is 49.1. The van der Waals surface area contributed by atoms with E-state index in [1.165, 1.54) is 48.3 Å². The second kappa shape index (κ2) is 26.4. The number of imidazole rings is 1. The van der Waals surface area contributed by atoms with Crippen molar-refractivity contribution in [2.24, 2.45) is 0 Å². The summed E-state index contributed by atoms with van der Waals surface area (Å²) in [5, 5.41) is 9.25. The van der Waals surface area contributed by atoms with E-state index in [-0.39, 0.29) is 23.7 Å². The van der Waals surface area contributed by atoms with E-state index >= 15 is 0 Å². The molecule has 2 heterocycles. The van der Waals surface area contributed by atoms with E-state index in [1.807, 2.05) is 87.8 Å². The Balaban J connectivity index is 0.000000256. The lowest BCUT2D eigenvalue weighted by Crippen LogP contribution is -2.37. The van der Waals surface area contributed by atoms with Gasteiger partial charge in [0.05, 0.1) is 20.2 Å². The third-order valence-corrected chi connectivity index (χ3v) is 12.8. The SMILES string of the molecule is CCCCCCN1C(=O)N(Cc2ccc(C)cc2)C(=O)C1CCCc1ccc(OC)cc1.CCCCCCn1c(CCCc2ccc(OC(C)(C)C(=O)O)cc2)cn(Cc2ccc(C)cc2)c1=O. The highest BCUT2D eigenvalue weighted by atomic mass is 16.5. The van der Waals surface area contributed by atoms with Crippen molar-refractivity contribution in [3.63, 3.8) is 0 Å².